The summed E-state index contributed by atoms with van der Waals surface area (Å²) < 4.78 is 36.5. The van der Waals surface area contributed by atoms with Gasteiger partial charge in [0.25, 0.3) is 0 Å². The predicted octanol–water partition coefficient (Wildman–Crippen LogP) is 3.82. The van der Waals surface area contributed by atoms with Crippen LogP contribution in [0.5, 0.6) is 0 Å². The van der Waals surface area contributed by atoms with Crippen molar-refractivity contribution in [3.05, 3.63) is 89.5 Å². The van der Waals surface area contributed by atoms with Gasteiger partial charge in [-0.15, -0.1) is 0 Å². The normalized spacial score (nSPS) is 19.9. The molecule has 0 radical (unpaired) electrons. The summed E-state index contributed by atoms with van der Waals surface area (Å²) >= 11 is -0.412. The van der Waals surface area contributed by atoms with Crippen molar-refractivity contribution in [3.63, 3.8) is 0 Å². The number of halogens is 2. The van der Waals surface area contributed by atoms with E-state index in [0.29, 0.717) is 17.7 Å². The number of hydrogen-bond donors (Lipinski definition) is 1. The predicted molar refractivity (Wildman–Crippen MR) is 147 cm³/mol. The van der Waals surface area contributed by atoms with Gasteiger partial charge >= 0.3 is 199 Å². The van der Waals surface area contributed by atoms with Gasteiger partial charge in [0.05, 0.1) is 0 Å². The Hall–Kier alpha value is -2.26. The van der Waals surface area contributed by atoms with Gasteiger partial charge in [-0.3, -0.25) is 4.21 Å². The van der Waals surface area contributed by atoms with Crippen molar-refractivity contribution in [3.8, 4) is 11.1 Å². The van der Waals surface area contributed by atoms with E-state index in [4.69, 9.17) is 4.74 Å². The fourth-order valence-corrected chi connectivity index (χ4v) is 8.24. The van der Waals surface area contributed by atoms with E-state index in [0.717, 1.165) is 58.4 Å². The Kier molecular flexibility index (Phi) is 9.63. The van der Waals surface area contributed by atoms with Gasteiger partial charge in [0.2, 0.25) is 0 Å². The van der Waals surface area contributed by atoms with Gasteiger partial charge in [-0.25, -0.2) is 0 Å². The van der Waals surface area contributed by atoms with Crippen molar-refractivity contribution in [2.45, 2.75) is 53.1 Å². The van der Waals surface area contributed by atoms with E-state index >= 15 is 0 Å². The van der Waals surface area contributed by atoms with E-state index in [2.05, 4.69) is 34.1 Å². The number of benzene rings is 2. The zero-order valence-corrected chi connectivity index (χ0v) is 25.3. The maximum atomic E-state index is 14.8. The Morgan fingerprint density at radius 1 is 1.16 bits per heavy atom. The zero-order valence-electron chi connectivity index (χ0n) is 22.4. The third-order valence-electron chi connectivity index (χ3n) is 7.36. The second-order valence-electron chi connectivity index (χ2n) is 10.2. The number of hydrogen-bond acceptors (Lipinski definition) is 3. The van der Waals surface area contributed by atoms with Crippen molar-refractivity contribution in [2.75, 3.05) is 12.0 Å². The molecule has 38 heavy (non-hydrogen) atoms. The quantitative estimate of drug-likeness (QED) is 0.314. The molecule has 1 fully saturated rings. The number of rotatable bonds is 10. The minimum atomic E-state index is -0.760. The molecule has 1 N–H and O–H groups in total. The molecule has 4 nitrogen and oxygen atoms in total. The Bertz CT molecular complexity index is 1320. The summed E-state index contributed by atoms with van der Waals surface area (Å²) in [5, 5.41) is 9.55. The Morgan fingerprint density at radius 2 is 1.89 bits per heavy atom. The molecule has 2 aliphatic rings. The molecular weight excluding hydrogens is 614 g/mol. The molecule has 1 heterocycles. The fraction of sp³-hybridized carbons (Fsp3) is 0.387. The number of ether oxygens (including phenoxy) is 1. The van der Waals surface area contributed by atoms with Crippen LogP contribution in [0.3, 0.4) is 0 Å². The van der Waals surface area contributed by atoms with Crippen LogP contribution in [0.4, 0.5) is 4.39 Å². The number of carbonyl (C=O) groups is 1. The molecule has 2 aromatic carbocycles. The second-order valence-corrected chi connectivity index (χ2v) is 13.8. The third kappa shape index (κ3) is 6.84. The molecule has 0 amide bonds. The summed E-state index contributed by atoms with van der Waals surface area (Å²) in [5.74, 6) is -0.0182. The molecule has 0 spiro atoms. The number of aliphatic carboxylic acids is 1. The molecule has 0 bridgehead atoms. The monoisotopic (exact) mass is 649 g/mol. The number of fused-ring (bicyclic) bond motifs is 1. The van der Waals surface area contributed by atoms with Crippen molar-refractivity contribution < 1.29 is 44.4 Å². The first-order valence-corrected chi connectivity index (χ1v) is 17.1. The van der Waals surface area contributed by atoms with Crippen LogP contribution in [0, 0.1) is 31.5 Å². The van der Waals surface area contributed by atoms with E-state index in [-0.39, 0.29) is 18.3 Å². The fourth-order valence-electron chi connectivity index (χ4n) is 5.38. The number of unbranched alkanes of at least 4 members (excludes halogenated alkanes) is 1. The topological polar surface area (TPSA) is 63.6 Å². The molecule has 4 rings (SSSR count). The molecule has 1 aliphatic carbocycles. The van der Waals surface area contributed by atoms with Gasteiger partial charge in [0, 0.05) is 22.8 Å². The van der Waals surface area contributed by atoms with Crippen molar-refractivity contribution in [1.82, 2.24) is 0 Å². The van der Waals surface area contributed by atoms with E-state index in [1.54, 1.807) is 6.26 Å². The minimum absolute atomic E-state index is 0.0000605. The number of aryl methyl sites for hydroxylation is 3. The van der Waals surface area contributed by atoms with Crippen LogP contribution in [0.15, 0.2) is 61.5 Å². The molecule has 2 aromatic rings. The van der Waals surface area contributed by atoms with Crippen molar-refractivity contribution in [1.29, 1.82) is 0 Å². The van der Waals surface area contributed by atoms with Crippen LogP contribution < -0.4 is 21.2 Å². The first-order valence-electron chi connectivity index (χ1n) is 12.9. The van der Waals surface area contributed by atoms with Crippen molar-refractivity contribution >= 4 is 16.8 Å². The summed E-state index contributed by atoms with van der Waals surface area (Å²) in [4.78, 5) is 11.6. The van der Waals surface area contributed by atoms with Gasteiger partial charge in [0.1, 0.15) is 0 Å². The van der Waals surface area contributed by atoms with E-state index in [1.165, 1.54) is 11.6 Å². The molecular formula is C31H35FIO4S-. The Balaban J connectivity index is 1.48. The van der Waals surface area contributed by atoms with Crippen LogP contribution in [-0.4, -0.2) is 27.3 Å². The summed E-state index contributed by atoms with van der Waals surface area (Å²) in [6, 6.07) is 9.62. The molecule has 3 atom stereocenters. The van der Waals surface area contributed by atoms with E-state index in [1.807, 2.05) is 25.1 Å². The Morgan fingerprint density at radius 3 is 2.58 bits per heavy atom. The summed E-state index contributed by atoms with van der Waals surface area (Å²) in [5.41, 5.74) is 8.30. The number of allylic oxidation sites excluding steroid dienone is 3. The Labute approximate surface area is 237 Å². The average molecular weight is 650 g/mol. The van der Waals surface area contributed by atoms with Crippen LogP contribution in [-0.2, 0) is 33.4 Å². The van der Waals surface area contributed by atoms with Gasteiger partial charge in [-0.05, 0) is 12.8 Å². The molecule has 7 heteroatoms. The molecule has 1 saturated carbocycles. The van der Waals surface area contributed by atoms with Crippen molar-refractivity contribution in [2.24, 2.45) is 11.8 Å². The molecule has 0 aromatic heterocycles. The van der Waals surface area contributed by atoms with Crippen LogP contribution in [0.25, 0.3) is 11.1 Å². The first-order chi connectivity index (χ1) is 18.1. The average Bonchev–Trinajstić information content (AvgIpc) is 3.03. The second kappa shape index (κ2) is 12.7. The van der Waals surface area contributed by atoms with Gasteiger partial charge < -0.3 is 0 Å². The van der Waals surface area contributed by atoms with Crippen LogP contribution in [0.2, 0.25) is 0 Å². The van der Waals surface area contributed by atoms with E-state index < -0.39 is 43.9 Å². The molecule has 204 valence electrons. The standard InChI is InChI=1S/C31H35FIO4S/c1-19-11-22(7-5-6-10-38(4)36)12-20(2)30(19)23-8-9-29(32)25(13-23)18-37-26-14-24-15-27(31(34)35)21(3)28(24)17-33-16-26/h8-9,11-14,16-17,21,27H,5-7,10,15,18H2,1-4H3,(H,34,35)/q-1/t21-,27?,38?/m0/s1. The van der Waals surface area contributed by atoms with Gasteiger partial charge in [-0.2, -0.15) is 0 Å². The van der Waals surface area contributed by atoms with Gasteiger partial charge in [-0.1, -0.05) is 0 Å². The molecule has 2 unspecified atom stereocenters. The zero-order chi connectivity index (χ0) is 27.4. The summed E-state index contributed by atoms with van der Waals surface area (Å²) in [7, 11) is -0.746. The number of carboxylic acid groups (broad SMARTS) is 1. The molecule has 1 aliphatic heterocycles. The number of carboxylic acids is 1. The van der Waals surface area contributed by atoms with Crippen LogP contribution >= 0.6 is 0 Å². The maximum absolute atomic E-state index is 14.8. The SMILES string of the molecule is Cc1cc(CCCCS(C)=O)cc(C)c1-c1ccc(F)c(COC2=C[I-]C=C3C(=C2)CC(C(=O)O)[C@@H]3C)c1. The van der Waals surface area contributed by atoms with Gasteiger partial charge in [0.15, 0.2) is 0 Å². The van der Waals surface area contributed by atoms with Crippen LogP contribution in [0.1, 0.15) is 48.4 Å². The van der Waals surface area contributed by atoms with E-state index in [9.17, 15) is 18.5 Å². The summed E-state index contributed by atoms with van der Waals surface area (Å²) in [6.07, 6.45) is 7.12. The molecule has 0 saturated heterocycles. The summed E-state index contributed by atoms with van der Waals surface area (Å²) in [6.45, 7) is 6.28. The first kappa shape index (κ1) is 28.7. The third-order valence-corrected chi connectivity index (χ3v) is 10.2.